The van der Waals surface area contributed by atoms with Gasteiger partial charge in [0.2, 0.25) is 0 Å². The number of aliphatic hydroxyl groups excluding tert-OH is 1. The Balaban J connectivity index is 2.63. The number of carboxylic acids is 1. The van der Waals surface area contributed by atoms with Gasteiger partial charge >= 0.3 is 5.97 Å². The molecule has 0 saturated carbocycles. The fraction of sp³-hybridized carbons (Fsp3) is 0.118. The van der Waals surface area contributed by atoms with E-state index in [0.717, 1.165) is 24.3 Å². The summed E-state index contributed by atoms with van der Waals surface area (Å²) in [6, 6.07) is 4.44. The third kappa shape index (κ3) is 3.60. The lowest BCUT2D eigenvalue weighted by Crippen LogP contribution is -2.50. The van der Waals surface area contributed by atoms with E-state index >= 15 is 0 Å². The number of carboxylic acid groups (broad SMARTS) is 1. The van der Waals surface area contributed by atoms with Crippen LogP contribution in [0.25, 0.3) is 0 Å². The molecule has 10 heteroatoms. The first-order valence-corrected chi connectivity index (χ1v) is 7.44. The Bertz CT molecular complexity index is 846. The van der Waals surface area contributed by atoms with Crippen molar-refractivity contribution in [1.29, 1.82) is 0 Å². The monoisotopic (exact) mass is 377 g/mol. The van der Waals surface area contributed by atoms with Crippen LogP contribution in [0.1, 0.15) is 20.7 Å². The van der Waals surface area contributed by atoms with Crippen LogP contribution in [0.2, 0.25) is 0 Å². The van der Waals surface area contributed by atoms with Crippen molar-refractivity contribution >= 4 is 17.8 Å². The average molecular weight is 377 g/mol. The van der Waals surface area contributed by atoms with Gasteiger partial charge in [-0.1, -0.05) is 12.1 Å². The fourth-order valence-electron chi connectivity index (χ4n) is 2.31. The number of aliphatic hydroxyl groups is 1. The van der Waals surface area contributed by atoms with Crippen molar-refractivity contribution in [2.24, 2.45) is 0 Å². The molecular weight excluding hydrogens is 362 g/mol. The van der Waals surface area contributed by atoms with Crippen molar-refractivity contribution < 1.29 is 45.0 Å². The molecule has 2 amide bonds. The first-order valence-electron chi connectivity index (χ1n) is 7.44. The third-order valence-corrected chi connectivity index (χ3v) is 3.70. The summed E-state index contributed by atoms with van der Waals surface area (Å²) in [4.78, 5) is 37.0. The molecule has 142 valence electrons. The Kier molecular flexibility index (Phi) is 5.51. The number of rotatable bonds is 5. The van der Waals surface area contributed by atoms with Gasteiger partial charge in [0, 0.05) is 0 Å². The van der Waals surface area contributed by atoms with Crippen LogP contribution in [-0.4, -0.2) is 66.0 Å². The Labute approximate surface area is 151 Å². The number of phenols is 4. The van der Waals surface area contributed by atoms with E-state index in [2.05, 4.69) is 0 Å². The maximum absolute atomic E-state index is 12.7. The molecule has 0 heterocycles. The summed E-state index contributed by atoms with van der Waals surface area (Å²) < 4.78 is 0. The highest BCUT2D eigenvalue weighted by atomic mass is 16.4. The molecule has 1 atom stereocenters. The molecule has 27 heavy (non-hydrogen) atoms. The highest BCUT2D eigenvalue weighted by Crippen LogP contribution is 2.32. The Morgan fingerprint density at radius 2 is 1.22 bits per heavy atom. The van der Waals surface area contributed by atoms with Gasteiger partial charge in [0.15, 0.2) is 29.0 Å². The summed E-state index contributed by atoms with van der Waals surface area (Å²) in [5, 5.41) is 57.4. The minimum absolute atomic E-state index is 0.102. The molecule has 0 aliphatic heterocycles. The molecule has 0 aromatic heterocycles. The molecule has 0 radical (unpaired) electrons. The maximum atomic E-state index is 12.7. The van der Waals surface area contributed by atoms with Gasteiger partial charge in [-0.05, 0) is 24.3 Å². The number of imide groups is 1. The van der Waals surface area contributed by atoms with E-state index in [1.54, 1.807) is 0 Å². The van der Waals surface area contributed by atoms with Gasteiger partial charge in [-0.15, -0.1) is 0 Å². The number of benzene rings is 2. The second kappa shape index (κ2) is 7.62. The Morgan fingerprint density at radius 3 is 1.56 bits per heavy atom. The molecule has 0 aliphatic rings. The van der Waals surface area contributed by atoms with Crippen molar-refractivity contribution in [2.45, 2.75) is 6.04 Å². The smallest absolute Gasteiger partial charge is 0.329 e. The SMILES string of the molecule is O=C(O)[C@H](CO)N(C(=O)c1cccc(O)c1O)C(=O)c1cccc(O)c1O. The van der Waals surface area contributed by atoms with Crippen LogP contribution in [0.3, 0.4) is 0 Å². The predicted octanol–water partition coefficient (Wildman–Crippen LogP) is 0.237. The summed E-state index contributed by atoms with van der Waals surface area (Å²) >= 11 is 0. The molecular formula is C17H15NO9. The summed E-state index contributed by atoms with van der Waals surface area (Å²) in [7, 11) is 0. The molecule has 6 N–H and O–H groups in total. The number of phenolic OH excluding ortho intramolecular Hbond substituents is 4. The molecule has 2 rings (SSSR count). The lowest BCUT2D eigenvalue weighted by molar-refractivity contribution is -0.142. The van der Waals surface area contributed by atoms with Crippen LogP contribution in [0.4, 0.5) is 0 Å². The van der Waals surface area contributed by atoms with Crippen LogP contribution in [0.15, 0.2) is 36.4 Å². The number of hydrogen-bond donors (Lipinski definition) is 6. The molecule has 0 bridgehead atoms. The standard InChI is InChI=1S/C17H15NO9/c19-7-10(17(26)27)18(15(24)8-3-1-5-11(20)13(8)22)16(25)9-4-2-6-12(21)14(9)23/h1-6,10,19-23H,7H2,(H,26,27)/t10-/m0/s1. The van der Waals surface area contributed by atoms with Crippen LogP contribution in [-0.2, 0) is 4.79 Å². The number of aliphatic carboxylic acids is 1. The van der Waals surface area contributed by atoms with Gasteiger partial charge in [-0.2, -0.15) is 0 Å². The summed E-state index contributed by atoms with van der Waals surface area (Å²) in [5.74, 6) is -7.62. The van der Waals surface area contributed by atoms with Crippen LogP contribution in [0.5, 0.6) is 23.0 Å². The molecule has 0 aliphatic carbocycles. The van der Waals surface area contributed by atoms with Gasteiger partial charge in [-0.25, -0.2) is 4.79 Å². The molecule has 2 aromatic carbocycles. The van der Waals surface area contributed by atoms with Crippen LogP contribution >= 0.6 is 0 Å². The fourth-order valence-corrected chi connectivity index (χ4v) is 2.31. The van der Waals surface area contributed by atoms with E-state index in [-0.39, 0.29) is 4.90 Å². The number of para-hydroxylation sites is 2. The highest BCUT2D eigenvalue weighted by Gasteiger charge is 2.38. The molecule has 0 spiro atoms. The van der Waals surface area contributed by atoms with Crippen LogP contribution < -0.4 is 0 Å². The van der Waals surface area contributed by atoms with E-state index in [0.29, 0.717) is 0 Å². The maximum Gasteiger partial charge on any atom is 0.329 e. The van der Waals surface area contributed by atoms with Gasteiger partial charge in [0.05, 0.1) is 17.7 Å². The zero-order chi connectivity index (χ0) is 20.3. The quantitative estimate of drug-likeness (QED) is 0.315. The van der Waals surface area contributed by atoms with Crippen molar-refractivity contribution in [3.05, 3.63) is 47.5 Å². The third-order valence-electron chi connectivity index (χ3n) is 3.70. The van der Waals surface area contributed by atoms with E-state index in [9.17, 15) is 45.0 Å². The van der Waals surface area contributed by atoms with Gasteiger partial charge < -0.3 is 30.6 Å². The van der Waals surface area contributed by atoms with Crippen molar-refractivity contribution in [2.75, 3.05) is 6.61 Å². The largest absolute Gasteiger partial charge is 0.504 e. The highest BCUT2D eigenvalue weighted by molar-refractivity contribution is 6.14. The minimum Gasteiger partial charge on any atom is -0.504 e. The van der Waals surface area contributed by atoms with E-state index in [4.69, 9.17) is 0 Å². The zero-order valence-electron chi connectivity index (χ0n) is 13.6. The number of carbonyl (C=O) groups is 3. The second-order valence-corrected chi connectivity index (χ2v) is 5.36. The van der Waals surface area contributed by atoms with Crippen molar-refractivity contribution in [3.63, 3.8) is 0 Å². The molecule has 0 fully saturated rings. The molecule has 0 saturated heterocycles. The summed E-state index contributed by atoms with van der Waals surface area (Å²) in [5.41, 5.74) is -1.22. The lowest BCUT2D eigenvalue weighted by Gasteiger charge is -2.26. The molecule has 10 nitrogen and oxygen atoms in total. The summed E-state index contributed by atoms with van der Waals surface area (Å²) in [6.07, 6.45) is 0. The van der Waals surface area contributed by atoms with E-state index < -0.39 is 64.6 Å². The minimum atomic E-state index is -2.06. The first-order chi connectivity index (χ1) is 12.7. The summed E-state index contributed by atoms with van der Waals surface area (Å²) in [6.45, 7) is -1.16. The predicted molar refractivity (Wildman–Crippen MR) is 88.6 cm³/mol. The second-order valence-electron chi connectivity index (χ2n) is 5.36. The van der Waals surface area contributed by atoms with E-state index in [1.165, 1.54) is 12.1 Å². The number of carbonyl (C=O) groups excluding carboxylic acids is 2. The van der Waals surface area contributed by atoms with Gasteiger partial charge in [-0.3, -0.25) is 14.5 Å². The lowest BCUT2D eigenvalue weighted by atomic mass is 10.1. The van der Waals surface area contributed by atoms with Gasteiger partial charge in [0.1, 0.15) is 0 Å². The van der Waals surface area contributed by atoms with Crippen molar-refractivity contribution in [1.82, 2.24) is 4.90 Å². The topological polar surface area (TPSA) is 176 Å². The van der Waals surface area contributed by atoms with E-state index in [1.807, 2.05) is 0 Å². The Morgan fingerprint density at radius 1 is 0.815 bits per heavy atom. The Hall–Kier alpha value is -3.79. The number of amides is 2. The number of nitrogens with zero attached hydrogens (tertiary/aromatic N) is 1. The van der Waals surface area contributed by atoms with Gasteiger partial charge in [0.25, 0.3) is 11.8 Å². The number of aromatic hydroxyl groups is 4. The molecule has 2 aromatic rings. The first kappa shape index (κ1) is 19.5. The van der Waals surface area contributed by atoms with Crippen molar-refractivity contribution in [3.8, 4) is 23.0 Å². The average Bonchev–Trinajstić information content (AvgIpc) is 2.62. The molecule has 0 unspecified atom stereocenters. The van der Waals surface area contributed by atoms with Crippen LogP contribution in [0, 0.1) is 0 Å². The zero-order valence-corrected chi connectivity index (χ0v) is 13.6. The normalized spacial score (nSPS) is 11.6. The number of hydrogen-bond acceptors (Lipinski definition) is 8.